The molecular weight excluding hydrogens is 346 g/mol. The average Bonchev–Trinajstić information content (AvgIpc) is 2.58. The fraction of sp³-hybridized carbons (Fsp3) is 0.188. The van der Waals surface area contributed by atoms with Crippen molar-refractivity contribution in [1.82, 2.24) is 10.3 Å². The Morgan fingerprint density at radius 3 is 2.40 bits per heavy atom. The molecule has 0 aliphatic heterocycles. The summed E-state index contributed by atoms with van der Waals surface area (Å²) in [6, 6.07) is 9.04. The van der Waals surface area contributed by atoms with Crippen LogP contribution < -0.4 is 10.0 Å². The summed E-state index contributed by atoms with van der Waals surface area (Å²) in [6.45, 7) is 0.132. The standard InChI is InChI=1S/C16H17N3O5S/c1-24-16(21)12-7-8-17-14(9-12)10-18-15(20)11-3-5-13(6-4-11)19-25(2,22)23/h3-9,19H,10H2,1-2H3,(H,18,20). The van der Waals surface area contributed by atoms with E-state index in [2.05, 4.69) is 19.8 Å². The van der Waals surface area contributed by atoms with Crippen molar-refractivity contribution in [2.75, 3.05) is 18.1 Å². The number of sulfonamides is 1. The van der Waals surface area contributed by atoms with Crippen molar-refractivity contribution >= 4 is 27.6 Å². The van der Waals surface area contributed by atoms with E-state index in [0.29, 0.717) is 22.5 Å². The van der Waals surface area contributed by atoms with Crippen LogP contribution >= 0.6 is 0 Å². The Morgan fingerprint density at radius 1 is 1.12 bits per heavy atom. The van der Waals surface area contributed by atoms with Gasteiger partial charge in [-0.2, -0.15) is 0 Å². The number of rotatable bonds is 6. The largest absolute Gasteiger partial charge is 0.465 e. The van der Waals surface area contributed by atoms with E-state index in [1.165, 1.54) is 49.7 Å². The lowest BCUT2D eigenvalue weighted by Crippen LogP contribution is -2.23. The number of esters is 1. The van der Waals surface area contributed by atoms with E-state index in [-0.39, 0.29) is 12.5 Å². The van der Waals surface area contributed by atoms with E-state index in [9.17, 15) is 18.0 Å². The first-order valence-electron chi connectivity index (χ1n) is 7.18. The summed E-state index contributed by atoms with van der Waals surface area (Å²) in [5.41, 5.74) is 1.58. The van der Waals surface area contributed by atoms with Crippen LogP contribution in [0.4, 0.5) is 5.69 Å². The summed E-state index contributed by atoms with van der Waals surface area (Å²) >= 11 is 0. The van der Waals surface area contributed by atoms with Crippen molar-refractivity contribution in [2.45, 2.75) is 6.54 Å². The number of nitrogens with one attached hydrogen (secondary N) is 2. The number of hydrogen-bond donors (Lipinski definition) is 2. The lowest BCUT2D eigenvalue weighted by molar-refractivity contribution is 0.0600. The van der Waals surface area contributed by atoms with E-state index in [0.717, 1.165) is 6.26 Å². The first-order valence-corrected chi connectivity index (χ1v) is 9.07. The van der Waals surface area contributed by atoms with Crippen LogP contribution in [0.15, 0.2) is 42.6 Å². The molecule has 1 aromatic carbocycles. The number of carbonyl (C=O) groups is 2. The molecule has 1 heterocycles. The number of carbonyl (C=O) groups excluding carboxylic acids is 2. The topological polar surface area (TPSA) is 114 Å². The molecule has 9 heteroatoms. The summed E-state index contributed by atoms with van der Waals surface area (Å²) in [5.74, 6) is -0.833. The van der Waals surface area contributed by atoms with Gasteiger partial charge >= 0.3 is 5.97 Å². The summed E-state index contributed by atoms with van der Waals surface area (Å²) in [5, 5.41) is 2.67. The second-order valence-corrected chi connectivity index (χ2v) is 6.91. The number of ether oxygens (including phenoxy) is 1. The van der Waals surface area contributed by atoms with E-state index >= 15 is 0 Å². The normalized spacial score (nSPS) is 10.8. The van der Waals surface area contributed by atoms with Crippen LogP contribution in [0.1, 0.15) is 26.4 Å². The Bertz CT molecular complexity index is 879. The van der Waals surface area contributed by atoms with E-state index in [1.807, 2.05) is 0 Å². The van der Waals surface area contributed by atoms with Crippen molar-refractivity contribution < 1.29 is 22.7 Å². The number of amides is 1. The van der Waals surface area contributed by atoms with Crippen molar-refractivity contribution in [3.8, 4) is 0 Å². The molecule has 0 aliphatic rings. The minimum Gasteiger partial charge on any atom is -0.465 e. The number of pyridine rings is 1. The molecule has 0 radical (unpaired) electrons. The van der Waals surface area contributed by atoms with Crippen LogP contribution in [0.5, 0.6) is 0 Å². The monoisotopic (exact) mass is 363 g/mol. The van der Waals surface area contributed by atoms with Crippen molar-refractivity contribution in [3.63, 3.8) is 0 Å². The third kappa shape index (κ3) is 5.57. The first-order chi connectivity index (χ1) is 11.8. The number of aromatic nitrogens is 1. The quantitative estimate of drug-likeness (QED) is 0.745. The maximum absolute atomic E-state index is 12.1. The number of methoxy groups -OCH3 is 1. The van der Waals surface area contributed by atoms with Gasteiger partial charge in [0.05, 0.1) is 31.2 Å². The molecular formula is C16H17N3O5S. The molecule has 0 saturated heterocycles. The number of benzene rings is 1. The van der Waals surface area contributed by atoms with E-state index in [1.54, 1.807) is 0 Å². The lowest BCUT2D eigenvalue weighted by atomic mass is 10.2. The van der Waals surface area contributed by atoms with Crippen LogP contribution in [0.25, 0.3) is 0 Å². The van der Waals surface area contributed by atoms with Crippen molar-refractivity contribution in [2.24, 2.45) is 0 Å². The molecule has 1 aromatic heterocycles. The Balaban J connectivity index is 1.99. The van der Waals surface area contributed by atoms with Gasteiger partial charge in [-0.05, 0) is 36.4 Å². The molecule has 2 rings (SSSR count). The van der Waals surface area contributed by atoms with Crippen molar-refractivity contribution in [3.05, 3.63) is 59.4 Å². The molecule has 0 saturated carbocycles. The van der Waals surface area contributed by atoms with Gasteiger partial charge in [-0.3, -0.25) is 14.5 Å². The Kier molecular flexibility index (Phi) is 5.71. The van der Waals surface area contributed by atoms with Crippen LogP contribution in [0, 0.1) is 0 Å². The van der Waals surface area contributed by atoms with E-state index in [4.69, 9.17) is 0 Å². The summed E-state index contributed by atoms with van der Waals surface area (Å²) in [6.07, 6.45) is 2.50. The number of nitrogens with zero attached hydrogens (tertiary/aromatic N) is 1. The minimum absolute atomic E-state index is 0.132. The molecule has 0 atom stereocenters. The fourth-order valence-corrected chi connectivity index (χ4v) is 2.56. The first kappa shape index (κ1) is 18.4. The van der Waals surface area contributed by atoms with Gasteiger partial charge in [0.25, 0.3) is 5.91 Å². The fourth-order valence-electron chi connectivity index (χ4n) is 2.00. The van der Waals surface area contributed by atoms with E-state index < -0.39 is 16.0 Å². The van der Waals surface area contributed by atoms with Gasteiger partial charge in [-0.25, -0.2) is 13.2 Å². The SMILES string of the molecule is COC(=O)c1ccnc(CNC(=O)c2ccc(NS(C)(=O)=O)cc2)c1. The summed E-state index contributed by atoms with van der Waals surface area (Å²) in [4.78, 5) is 27.7. The zero-order valence-electron chi connectivity index (χ0n) is 13.6. The number of anilines is 1. The van der Waals surface area contributed by atoms with Gasteiger partial charge in [0.2, 0.25) is 10.0 Å². The van der Waals surface area contributed by atoms with Crippen LogP contribution in [0.2, 0.25) is 0 Å². The van der Waals surface area contributed by atoms with Crippen LogP contribution in [-0.4, -0.2) is 38.6 Å². The Morgan fingerprint density at radius 2 is 1.80 bits per heavy atom. The highest BCUT2D eigenvalue weighted by Crippen LogP contribution is 2.11. The van der Waals surface area contributed by atoms with Crippen molar-refractivity contribution in [1.29, 1.82) is 0 Å². The predicted molar refractivity (Wildman–Crippen MR) is 91.7 cm³/mol. The molecule has 0 aliphatic carbocycles. The molecule has 0 bridgehead atoms. The Hall–Kier alpha value is -2.94. The van der Waals surface area contributed by atoms with Gasteiger partial charge in [-0.1, -0.05) is 0 Å². The predicted octanol–water partition coefficient (Wildman–Crippen LogP) is 1.17. The third-order valence-electron chi connectivity index (χ3n) is 3.12. The van der Waals surface area contributed by atoms with Gasteiger partial charge in [-0.15, -0.1) is 0 Å². The molecule has 0 unspecified atom stereocenters. The maximum Gasteiger partial charge on any atom is 0.337 e. The second-order valence-electron chi connectivity index (χ2n) is 5.16. The molecule has 2 N–H and O–H groups in total. The molecule has 0 fully saturated rings. The molecule has 8 nitrogen and oxygen atoms in total. The Labute approximate surface area is 145 Å². The lowest BCUT2D eigenvalue weighted by Gasteiger charge is -2.07. The summed E-state index contributed by atoms with van der Waals surface area (Å²) in [7, 11) is -2.08. The van der Waals surface area contributed by atoms with Gasteiger partial charge in [0.15, 0.2) is 0 Å². The smallest absolute Gasteiger partial charge is 0.337 e. The van der Waals surface area contributed by atoms with Crippen LogP contribution in [0.3, 0.4) is 0 Å². The van der Waals surface area contributed by atoms with Gasteiger partial charge < -0.3 is 10.1 Å². The maximum atomic E-state index is 12.1. The highest BCUT2D eigenvalue weighted by molar-refractivity contribution is 7.92. The highest BCUT2D eigenvalue weighted by Gasteiger charge is 2.09. The van der Waals surface area contributed by atoms with Gasteiger partial charge in [0.1, 0.15) is 0 Å². The number of hydrogen-bond acceptors (Lipinski definition) is 6. The third-order valence-corrected chi connectivity index (χ3v) is 3.72. The highest BCUT2D eigenvalue weighted by atomic mass is 32.2. The minimum atomic E-state index is -3.37. The molecule has 0 spiro atoms. The molecule has 25 heavy (non-hydrogen) atoms. The van der Waals surface area contributed by atoms with Gasteiger partial charge in [0, 0.05) is 17.4 Å². The zero-order valence-corrected chi connectivity index (χ0v) is 14.5. The summed E-state index contributed by atoms with van der Waals surface area (Å²) < 4.78 is 29.2. The zero-order chi connectivity index (χ0) is 18.4. The average molecular weight is 363 g/mol. The van der Waals surface area contributed by atoms with Crippen LogP contribution in [-0.2, 0) is 21.3 Å². The molecule has 1 amide bonds. The second kappa shape index (κ2) is 7.75. The molecule has 2 aromatic rings. The molecule has 132 valence electrons.